The lowest BCUT2D eigenvalue weighted by Crippen LogP contribution is -2.36. The van der Waals surface area contributed by atoms with E-state index in [9.17, 15) is 14.0 Å². The predicted octanol–water partition coefficient (Wildman–Crippen LogP) is 1.63. The van der Waals surface area contributed by atoms with E-state index in [1.165, 1.54) is 17.0 Å². The number of nitrogens with zero attached hydrogens (tertiary/aromatic N) is 1. The molecule has 0 fully saturated rings. The third-order valence-corrected chi connectivity index (χ3v) is 2.84. The number of aromatic carboxylic acids is 1. The van der Waals surface area contributed by atoms with E-state index >= 15 is 0 Å². The van der Waals surface area contributed by atoms with Gasteiger partial charge in [0.05, 0.1) is 12.1 Å². The van der Waals surface area contributed by atoms with Gasteiger partial charge in [0, 0.05) is 12.1 Å². The first-order chi connectivity index (χ1) is 8.13. The third-order valence-electron chi connectivity index (χ3n) is 2.84. The molecule has 0 saturated heterocycles. The van der Waals surface area contributed by atoms with Crippen LogP contribution in [-0.2, 0) is 11.2 Å². The average Bonchev–Trinajstić information content (AvgIpc) is 2.32. The van der Waals surface area contributed by atoms with Crippen molar-refractivity contribution in [2.45, 2.75) is 12.8 Å². The van der Waals surface area contributed by atoms with Gasteiger partial charge in [-0.05, 0) is 24.1 Å². The summed E-state index contributed by atoms with van der Waals surface area (Å²) in [5, 5.41) is 8.89. The molecule has 1 aromatic carbocycles. The minimum atomic E-state index is -1.05. The number of carbonyl (C=O) groups is 2. The topological polar surface area (TPSA) is 57.6 Å². The standard InChI is InChI=1S/C12H12FNO3/c13-5-6-14-10-7-9(12(16)17)2-1-8(10)3-4-11(14)15/h1-2,7H,3-6H2,(H,16,17). The van der Waals surface area contributed by atoms with Crippen molar-refractivity contribution in [3.63, 3.8) is 0 Å². The zero-order valence-corrected chi connectivity index (χ0v) is 9.15. The maximum absolute atomic E-state index is 12.4. The molecule has 1 aliphatic heterocycles. The fraction of sp³-hybridized carbons (Fsp3) is 0.333. The van der Waals surface area contributed by atoms with Crippen LogP contribution in [0.3, 0.4) is 0 Å². The number of carboxylic acids is 1. The molecule has 17 heavy (non-hydrogen) atoms. The van der Waals surface area contributed by atoms with Crippen LogP contribution in [0.25, 0.3) is 0 Å². The van der Waals surface area contributed by atoms with Crippen molar-refractivity contribution in [1.29, 1.82) is 0 Å². The molecule has 5 heteroatoms. The number of alkyl halides is 1. The van der Waals surface area contributed by atoms with Crippen molar-refractivity contribution in [2.75, 3.05) is 18.1 Å². The summed E-state index contributed by atoms with van der Waals surface area (Å²) in [6.45, 7) is -0.655. The number of hydrogen-bond donors (Lipinski definition) is 1. The molecule has 1 aliphatic rings. The summed E-state index contributed by atoms with van der Waals surface area (Å²) in [5.41, 5.74) is 1.53. The molecule has 0 bridgehead atoms. The summed E-state index contributed by atoms with van der Waals surface area (Å²) in [6, 6.07) is 4.63. The average molecular weight is 237 g/mol. The molecule has 0 unspecified atom stereocenters. The third kappa shape index (κ3) is 2.13. The van der Waals surface area contributed by atoms with Crippen LogP contribution in [-0.4, -0.2) is 30.2 Å². The largest absolute Gasteiger partial charge is 0.478 e. The molecule has 0 atom stereocenters. The first-order valence-corrected chi connectivity index (χ1v) is 5.36. The molecule has 1 aromatic rings. The van der Waals surface area contributed by atoms with Crippen LogP contribution in [0.4, 0.5) is 10.1 Å². The molecule has 4 nitrogen and oxygen atoms in total. The van der Waals surface area contributed by atoms with Crippen molar-refractivity contribution in [3.8, 4) is 0 Å². The number of rotatable bonds is 3. The Balaban J connectivity index is 2.44. The number of aryl methyl sites for hydroxylation is 1. The van der Waals surface area contributed by atoms with Crippen LogP contribution >= 0.6 is 0 Å². The van der Waals surface area contributed by atoms with Crippen molar-refractivity contribution >= 4 is 17.6 Å². The monoisotopic (exact) mass is 237 g/mol. The molecule has 1 heterocycles. The highest BCUT2D eigenvalue weighted by atomic mass is 19.1. The van der Waals surface area contributed by atoms with Crippen molar-refractivity contribution in [2.24, 2.45) is 0 Å². The Bertz CT molecular complexity index is 473. The maximum Gasteiger partial charge on any atom is 0.335 e. The van der Waals surface area contributed by atoms with Crippen molar-refractivity contribution in [1.82, 2.24) is 0 Å². The fourth-order valence-electron chi connectivity index (χ4n) is 2.00. The lowest BCUT2D eigenvalue weighted by atomic mass is 9.99. The Labute approximate surface area is 97.7 Å². The number of fused-ring (bicyclic) bond motifs is 1. The summed E-state index contributed by atoms with van der Waals surface area (Å²) in [4.78, 5) is 23.8. The summed E-state index contributed by atoms with van der Waals surface area (Å²) in [6.07, 6.45) is 0.927. The second-order valence-electron chi connectivity index (χ2n) is 3.88. The number of carboxylic acid groups (broad SMARTS) is 1. The van der Waals surface area contributed by atoms with E-state index in [2.05, 4.69) is 0 Å². The first-order valence-electron chi connectivity index (χ1n) is 5.36. The number of halogens is 1. The van der Waals surface area contributed by atoms with Crippen LogP contribution < -0.4 is 4.90 Å². The molecular formula is C12H12FNO3. The number of hydrogen-bond acceptors (Lipinski definition) is 2. The van der Waals surface area contributed by atoms with E-state index in [1.54, 1.807) is 6.07 Å². The maximum atomic E-state index is 12.4. The highest BCUT2D eigenvalue weighted by Gasteiger charge is 2.24. The van der Waals surface area contributed by atoms with E-state index in [1.807, 2.05) is 0 Å². The second-order valence-corrected chi connectivity index (χ2v) is 3.88. The van der Waals surface area contributed by atoms with Crippen LogP contribution in [0.1, 0.15) is 22.3 Å². The van der Waals surface area contributed by atoms with Crippen LogP contribution in [0, 0.1) is 0 Å². The van der Waals surface area contributed by atoms with Crippen LogP contribution in [0.5, 0.6) is 0 Å². The molecule has 0 saturated carbocycles. The Morgan fingerprint density at radius 2 is 2.18 bits per heavy atom. The molecule has 1 amide bonds. The summed E-state index contributed by atoms with van der Waals surface area (Å²) in [5.74, 6) is -1.20. The van der Waals surface area contributed by atoms with E-state index < -0.39 is 12.6 Å². The summed E-state index contributed by atoms with van der Waals surface area (Å²) < 4.78 is 12.4. The number of amides is 1. The number of carbonyl (C=O) groups excluding carboxylic acids is 1. The first kappa shape index (κ1) is 11.6. The van der Waals surface area contributed by atoms with Gasteiger partial charge in [-0.25, -0.2) is 9.18 Å². The van der Waals surface area contributed by atoms with Crippen LogP contribution in [0.15, 0.2) is 18.2 Å². The lowest BCUT2D eigenvalue weighted by Gasteiger charge is -2.28. The summed E-state index contributed by atoms with van der Waals surface area (Å²) in [7, 11) is 0. The smallest absolute Gasteiger partial charge is 0.335 e. The van der Waals surface area contributed by atoms with Crippen molar-refractivity contribution in [3.05, 3.63) is 29.3 Å². The highest BCUT2D eigenvalue weighted by molar-refractivity contribution is 5.98. The predicted molar refractivity (Wildman–Crippen MR) is 60.1 cm³/mol. The van der Waals surface area contributed by atoms with Gasteiger partial charge in [0.15, 0.2) is 0 Å². The minimum absolute atomic E-state index is 0.0189. The Hall–Kier alpha value is -1.91. The minimum Gasteiger partial charge on any atom is -0.478 e. The summed E-state index contributed by atoms with van der Waals surface area (Å²) >= 11 is 0. The van der Waals surface area contributed by atoms with Gasteiger partial charge in [0.2, 0.25) is 5.91 Å². The van der Waals surface area contributed by atoms with Gasteiger partial charge in [-0.15, -0.1) is 0 Å². The Morgan fingerprint density at radius 3 is 2.82 bits per heavy atom. The van der Waals surface area contributed by atoms with Gasteiger partial charge < -0.3 is 10.0 Å². The zero-order valence-electron chi connectivity index (χ0n) is 9.15. The molecule has 2 rings (SSSR count). The van der Waals surface area contributed by atoms with Gasteiger partial charge in [-0.3, -0.25) is 4.79 Å². The van der Waals surface area contributed by atoms with Gasteiger partial charge in [0.1, 0.15) is 6.67 Å². The quantitative estimate of drug-likeness (QED) is 0.869. The fourth-order valence-corrected chi connectivity index (χ4v) is 2.00. The lowest BCUT2D eigenvalue weighted by molar-refractivity contribution is -0.118. The highest BCUT2D eigenvalue weighted by Crippen LogP contribution is 2.28. The molecule has 1 N–H and O–H groups in total. The molecule has 90 valence electrons. The molecule has 0 radical (unpaired) electrons. The van der Waals surface area contributed by atoms with Gasteiger partial charge in [0.25, 0.3) is 0 Å². The van der Waals surface area contributed by atoms with Gasteiger partial charge >= 0.3 is 5.97 Å². The Kier molecular flexibility index (Phi) is 3.08. The van der Waals surface area contributed by atoms with Crippen LogP contribution in [0.2, 0.25) is 0 Å². The van der Waals surface area contributed by atoms with E-state index in [0.717, 1.165) is 5.56 Å². The second kappa shape index (κ2) is 4.53. The van der Waals surface area contributed by atoms with Crippen molar-refractivity contribution < 1.29 is 19.1 Å². The number of benzene rings is 1. The molecule has 0 aliphatic carbocycles. The van der Waals surface area contributed by atoms with E-state index in [4.69, 9.17) is 5.11 Å². The normalized spacial score (nSPS) is 14.6. The van der Waals surface area contributed by atoms with E-state index in [-0.39, 0.29) is 18.0 Å². The molecule has 0 aromatic heterocycles. The van der Waals surface area contributed by atoms with E-state index in [0.29, 0.717) is 18.5 Å². The zero-order chi connectivity index (χ0) is 12.4. The Morgan fingerprint density at radius 1 is 1.41 bits per heavy atom. The number of anilines is 1. The molecule has 0 spiro atoms. The molecular weight excluding hydrogens is 225 g/mol. The van der Waals surface area contributed by atoms with Gasteiger partial charge in [-0.1, -0.05) is 6.07 Å². The van der Waals surface area contributed by atoms with Gasteiger partial charge in [-0.2, -0.15) is 0 Å². The SMILES string of the molecule is O=C(O)c1ccc2c(c1)N(CCF)C(=O)CC2.